The lowest BCUT2D eigenvalue weighted by molar-refractivity contribution is -0.0306. The summed E-state index contributed by atoms with van der Waals surface area (Å²) in [5.74, 6) is 0.785. The molecular formula is C18H31NOS. The molecule has 0 saturated heterocycles. The Balaban J connectivity index is 1.80. The number of hydrogen-bond donors (Lipinski definition) is 1. The maximum absolute atomic E-state index is 6.20. The second-order valence-corrected chi connectivity index (χ2v) is 9.00. The minimum Gasteiger partial charge on any atom is -0.373 e. The molecule has 1 saturated carbocycles. The van der Waals surface area contributed by atoms with E-state index in [1.54, 1.807) is 0 Å². The van der Waals surface area contributed by atoms with Gasteiger partial charge in [-0.15, -0.1) is 11.3 Å². The van der Waals surface area contributed by atoms with Crippen molar-refractivity contribution in [1.82, 2.24) is 5.32 Å². The molecule has 21 heavy (non-hydrogen) atoms. The van der Waals surface area contributed by atoms with Crippen molar-refractivity contribution in [2.75, 3.05) is 0 Å². The monoisotopic (exact) mass is 309 g/mol. The van der Waals surface area contributed by atoms with Gasteiger partial charge in [0.15, 0.2) is 0 Å². The number of nitrogens with one attached hydrogen (secondary N) is 1. The summed E-state index contributed by atoms with van der Waals surface area (Å²) < 4.78 is 6.20. The van der Waals surface area contributed by atoms with Crippen molar-refractivity contribution >= 4 is 11.3 Å². The zero-order chi connectivity index (χ0) is 15.5. The third kappa shape index (κ3) is 5.72. The lowest BCUT2D eigenvalue weighted by Crippen LogP contribution is -2.32. The molecule has 120 valence electrons. The van der Waals surface area contributed by atoms with Crippen molar-refractivity contribution in [3.63, 3.8) is 0 Å². The fraction of sp³-hybridized carbons (Fsp3) is 0.778. The van der Waals surface area contributed by atoms with Crippen LogP contribution in [0.25, 0.3) is 0 Å². The van der Waals surface area contributed by atoms with Crippen molar-refractivity contribution in [3.8, 4) is 0 Å². The summed E-state index contributed by atoms with van der Waals surface area (Å²) in [5.41, 5.74) is 0.435. The van der Waals surface area contributed by atoms with Gasteiger partial charge in [0.25, 0.3) is 0 Å². The summed E-state index contributed by atoms with van der Waals surface area (Å²) >= 11 is 1.88. The molecule has 2 unspecified atom stereocenters. The van der Waals surface area contributed by atoms with Crippen molar-refractivity contribution in [1.29, 1.82) is 0 Å². The Hall–Kier alpha value is -0.380. The van der Waals surface area contributed by atoms with Gasteiger partial charge in [0.1, 0.15) is 0 Å². The molecule has 0 spiro atoms. The van der Waals surface area contributed by atoms with Crippen LogP contribution in [0.1, 0.15) is 63.6 Å². The van der Waals surface area contributed by atoms with Crippen LogP contribution in [-0.2, 0) is 17.9 Å². The highest BCUT2D eigenvalue weighted by Crippen LogP contribution is 2.40. The molecule has 1 aromatic rings. The molecule has 0 amide bonds. The normalized spacial score (nSPS) is 25.4. The van der Waals surface area contributed by atoms with Crippen LogP contribution in [0.2, 0.25) is 0 Å². The zero-order valence-corrected chi connectivity index (χ0v) is 15.1. The standard InChI is InChI=1S/C18H31NOS/c1-13(2)19-11-16-6-7-17(21-16)12-20-15-8-14(3)9-18(4,5)10-15/h6-7,13-15,19H,8-12H2,1-5H3. The highest BCUT2D eigenvalue weighted by atomic mass is 32.1. The van der Waals surface area contributed by atoms with E-state index in [1.165, 1.54) is 29.0 Å². The van der Waals surface area contributed by atoms with Gasteiger partial charge in [0.05, 0.1) is 12.7 Å². The van der Waals surface area contributed by atoms with E-state index >= 15 is 0 Å². The SMILES string of the molecule is CC1CC(OCc2ccc(CNC(C)C)s2)CC(C)(C)C1. The Labute approximate surface area is 134 Å². The van der Waals surface area contributed by atoms with Gasteiger partial charge in [0.2, 0.25) is 0 Å². The molecule has 1 N–H and O–H groups in total. The van der Waals surface area contributed by atoms with Crippen LogP contribution in [-0.4, -0.2) is 12.1 Å². The second-order valence-electron chi connectivity index (χ2n) is 7.75. The fourth-order valence-electron chi connectivity index (χ4n) is 3.49. The minimum absolute atomic E-state index is 0.433. The van der Waals surface area contributed by atoms with Crippen LogP contribution < -0.4 is 5.32 Å². The van der Waals surface area contributed by atoms with Crippen LogP contribution >= 0.6 is 11.3 Å². The molecule has 1 fully saturated rings. The summed E-state index contributed by atoms with van der Waals surface area (Å²) in [6, 6.07) is 4.99. The van der Waals surface area contributed by atoms with E-state index < -0.39 is 0 Å². The van der Waals surface area contributed by atoms with E-state index in [2.05, 4.69) is 52.1 Å². The van der Waals surface area contributed by atoms with Crippen LogP contribution in [0.15, 0.2) is 12.1 Å². The molecule has 1 aromatic heterocycles. The average molecular weight is 310 g/mol. The molecule has 2 rings (SSSR count). The first-order valence-electron chi connectivity index (χ1n) is 8.26. The molecule has 0 radical (unpaired) electrons. The van der Waals surface area contributed by atoms with Gasteiger partial charge in [-0.05, 0) is 42.7 Å². The molecule has 1 heterocycles. The Morgan fingerprint density at radius 2 is 2.00 bits per heavy atom. The highest BCUT2D eigenvalue weighted by Gasteiger charge is 2.32. The van der Waals surface area contributed by atoms with Gasteiger partial charge in [-0.2, -0.15) is 0 Å². The van der Waals surface area contributed by atoms with Crippen LogP contribution in [0.5, 0.6) is 0 Å². The molecular weight excluding hydrogens is 278 g/mol. The van der Waals surface area contributed by atoms with Crippen LogP contribution in [0.3, 0.4) is 0 Å². The first-order valence-corrected chi connectivity index (χ1v) is 9.08. The quantitative estimate of drug-likeness (QED) is 0.800. The maximum atomic E-state index is 6.20. The summed E-state index contributed by atoms with van der Waals surface area (Å²) in [5, 5.41) is 3.47. The van der Waals surface area contributed by atoms with Crippen molar-refractivity contribution in [2.45, 2.75) is 79.2 Å². The second kappa shape index (κ2) is 7.26. The zero-order valence-electron chi connectivity index (χ0n) is 14.2. The lowest BCUT2D eigenvalue weighted by Gasteiger charge is -2.38. The number of rotatable bonds is 6. The van der Waals surface area contributed by atoms with E-state index in [0.29, 0.717) is 17.6 Å². The Morgan fingerprint density at radius 1 is 1.29 bits per heavy atom. The van der Waals surface area contributed by atoms with E-state index in [9.17, 15) is 0 Å². The maximum Gasteiger partial charge on any atom is 0.0813 e. The van der Waals surface area contributed by atoms with Gasteiger partial charge in [-0.25, -0.2) is 0 Å². The van der Waals surface area contributed by atoms with E-state index in [-0.39, 0.29) is 0 Å². The minimum atomic E-state index is 0.433. The summed E-state index contributed by atoms with van der Waals surface area (Å²) in [4.78, 5) is 2.76. The van der Waals surface area contributed by atoms with Crippen molar-refractivity contribution in [3.05, 3.63) is 21.9 Å². The van der Waals surface area contributed by atoms with Gasteiger partial charge >= 0.3 is 0 Å². The van der Waals surface area contributed by atoms with Crippen molar-refractivity contribution < 1.29 is 4.74 Å². The molecule has 2 nitrogen and oxygen atoms in total. The van der Waals surface area contributed by atoms with Gasteiger partial charge in [-0.3, -0.25) is 0 Å². The number of thiophene rings is 1. The fourth-order valence-corrected chi connectivity index (χ4v) is 4.38. The predicted molar refractivity (Wildman–Crippen MR) is 91.7 cm³/mol. The van der Waals surface area contributed by atoms with E-state index in [4.69, 9.17) is 4.74 Å². The molecule has 3 heteroatoms. The summed E-state index contributed by atoms with van der Waals surface area (Å²) in [6.45, 7) is 13.2. The molecule has 1 aliphatic rings. The predicted octanol–water partition coefficient (Wildman–Crippen LogP) is 4.98. The number of hydrogen-bond acceptors (Lipinski definition) is 3. The largest absolute Gasteiger partial charge is 0.373 e. The Bertz CT molecular complexity index is 438. The third-order valence-electron chi connectivity index (χ3n) is 4.21. The molecule has 2 atom stereocenters. The van der Waals surface area contributed by atoms with Gasteiger partial charge in [-0.1, -0.05) is 34.6 Å². The van der Waals surface area contributed by atoms with E-state index in [1.807, 2.05) is 11.3 Å². The smallest absolute Gasteiger partial charge is 0.0813 e. The average Bonchev–Trinajstić information content (AvgIpc) is 2.79. The lowest BCUT2D eigenvalue weighted by atomic mass is 9.71. The first kappa shape index (κ1) is 17.0. The van der Waals surface area contributed by atoms with Crippen molar-refractivity contribution in [2.24, 2.45) is 11.3 Å². The van der Waals surface area contributed by atoms with Gasteiger partial charge < -0.3 is 10.1 Å². The van der Waals surface area contributed by atoms with Crippen LogP contribution in [0.4, 0.5) is 0 Å². The summed E-state index contributed by atoms with van der Waals surface area (Å²) in [6.07, 6.45) is 4.18. The topological polar surface area (TPSA) is 21.3 Å². The summed E-state index contributed by atoms with van der Waals surface area (Å²) in [7, 11) is 0. The van der Waals surface area contributed by atoms with E-state index in [0.717, 1.165) is 19.1 Å². The van der Waals surface area contributed by atoms with Crippen LogP contribution in [0, 0.1) is 11.3 Å². The molecule has 1 aliphatic carbocycles. The highest BCUT2D eigenvalue weighted by molar-refractivity contribution is 7.11. The Morgan fingerprint density at radius 3 is 2.67 bits per heavy atom. The first-order chi connectivity index (χ1) is 9.84. The molecule has 0 bridgehead atoms. The third-order valence-corrected chi connectivity index (χ3v) is 5.27. The number of ether oxygens (including phenoxy) is 1. The Kier molecular flexibility index (Phi) is 5.87. The molecule has 0 aliphatic heterocycles. The molecule has 0 aromatic carbocycles. The van der Waals surface area contributed by atoms with Gasteiger partial charge in [0, 0.05) is 22.3 Å².